The largest absolute Gasteiger partial charge is 0.508 e. The van der Waals surface area contributed by atoms with Gasteiger partial charge in [0, 0.05) is 12.0 Å². The lowest BCUT2D eigenvalue weighted by atomic mass is 9.91. The Labute approximate surface area is 133 Å². The van der Waals surface area contributed by atoms with Crippen LogP contribution in [0, 0.1) is 0 Å². The zero-order valence-electron chi connectivity index (χ0n) is 13.2. The molecule has 1 aromatic carbocycles. The monoisotopic (exact) mass is 321 g/mol. The summed E-state index contributed by atoms with van der Waals surface area (Å²) >= 11 is 0. The van der Waals surface area contributed by atoms with Gasteiger partial charge < -0.3 is 19.8 Å². The van der Waals surface area contributed by atoms with Gasteiger partial charge in [0.1, 0.15) is 11.4 Å². The van der Waals surface area contributed by atoms with Crippen LogP contribution in [0.4, 0.5) is 0 Å². The van der Waals surface area contributed by atoms with Crippen LogP contribution in [-0.4, -0.2) is 39.1 Å². The van der Waals surface area contributed by atoms with E-state index in [-0.39, 0.29) is 12.2 Å². The number of oxime groups is 1. The number of phenolic OH excluding ortho intramolecular Hbond substituents is 1. The van der Waals surface area contributed by atoms with E-state index in [9.17, 15) is 19.8 Å². The lowest BCUT2D eigenvalue weighted by Crippen LogP contribution is -2.42. The zero-order valence-corrected chi connectivity index (χ0v) is 13.2. The molecule has 0 spiro atoms. The third-order valence-electron chi connectivity index (χ3n) is 3.20. The Hall–Kier alpha value is -2.57. The molecule has 0 aromatic heterocycles. The second-order valence-electron chi connectivity index (χ2n) is 6.42. The molecule has 0 saturated heterocycles. The lowest BCUT2D eigenvalue weighted by Gasteiger charge is -2.24. The minimum atomic E-state index is -1.79. The highest BCUT2D eigenvalue weighted by atomic mass is 16.7. The molecule has 0 fully saturated rings. The third-order valence-corrected chi connectivity index (χ3v) is 3.20. The number of phenols is 1. The average molecular weight is 321 g/mol. The van der Waals surface area contributed by atoms with Gasteiger partial charge in [0.05, 0.1) is 12.1 Å². The number of hydrogen-bond donors (Lipinski definition) is 2. The predicted molar refractivity (Wildman–Crippen MR) is 81.2 cm³/mol. The molecule has 2 rings (SSSR count). The second-order valence-corrected chi connectivity index (χ2v) is 6.42. The molecule has 0 bridgehead atoms. The first-order chi connectivity index (χ1) is 10.6. The van der Waals surface area contributed by atoms with E-state index in [4.69, 9.17) is 9.57 Å². The molecule has 7 nitrogen and oxygen atoms in total. The van der Waals surface area contributed by atoms with Crippen molar-refractivity contribution in [2.45, 2.75) is 44.8 Å². The number of ether oxygens (including phenoxy) is 1. The highest BCUT2D eigenvalue weighted by Crippen LogP contribution is 2.32. The summed E-state index contributed by atoms with van der Waals surface area (Å²) in [5, 5.41) is 22.8. The molecular weight excluding hydrogens is 302 g/mol. The van der Waals surface area contributed by atoms with Crippen molar-refractivity contribution in [1.82, 2.24) is 0 Å². The van der Waals surface area contributed by atoms with Gasteiger partial charge in [0.25, 0.3) is 0 Å². The van der Waals surface area contributed by atoms with Crippen LogP contribution >= 0.6 is 0 Å². The first-order valence-corrected chi connectivity index (χ1v) is 7.11. The molecule has 1 unspecified atom stereocenters. The van der Waals surface area contributed by atoms with Gasteiger partial charge in [-0.05, 0) is 32.9 Å². The van der Waals surface area contributed by atoms with Crippen molar-refractivity contribution < 1.29 is 29.4 Å². The molecule has 7 heteroatoms. The number of carbonyl (C=O) groups excluding carboxylic acids is 1. The van der Waals surface area contributed by atoms with Gasteiger partial charge in [0.2, 0.25) is 5.60 Å². The van der Waals surface area contributed by atoms with E-state index in [0.29, 0.717) is 11.3 Å². The predicted octanol–water partition coefficient (Wildman–Crippen LogP) is 2.07. The fourth-order valence-electron chi connectivity index (χ4n) is 2.21. The number of carboxylic acids is 1. The van der Waals surface area contributed by atoms with Gasteiger partial charge in [-0.1, -0.05) is 17.3 Å². The van der Waals surface area contributed by atoms with Crippen molar-refractivity contribution in [3.8, 4) is 5.75 Å². The minimum absolute atomic E-state index is 0.0326. The van der Waals surface area contributed by atoms with E-state index in [1.807, 2.05) is 0 Å². The van der Waals surface area contributed by atoms with Crippen molar-refractivity contribution in [2.75, 3.05) is 0 Å². The maximum absolute atomic E-state index is 12.0. The maximum Gasteiger partial charge on any atom is 0.351 e. The van der Waals surface area contributed by atoms with Gasteiger partial charge >= 0.3 is 11.9 Å². The number of esters is 1. The Balaban J connectivity index is 2.16. The number of benzene rings is 1. The number of nitrogens with zero attached hydrogens (tertiary/aromatic N) is 1. The molecule has 124 valence electrons. The van der Waals surface area contributed by atoms with Crippen molar-refractivity contribution in [1.29, 1.82) is 0 Å². The Morgan fingerprint density at radius 1 is 1.39 bits per heavy atom. The normalized spacial score (nSPS) is 20.6. The van der Waals surface area contributed by atoms with Crippen LogP contribution < -0.4 is 0 Å². The van der Waals surface area contributed by atoms with Crippen LogP contribution in [-0.2, 0) is 19.2 Å². The molecule has 0 saturated carbocycles. The number of carboxylic acid groups (broad SMARTS) is 1. The molecule has 2 N–H and O–H groups in total. The van der Waals surface area contributed by atoms with Crippen molar-refractivity contribution in [3.63, 3.8) is 0 Å². The Bertz CT molecular complexity index is 661. The summed E-state index contributed by atoms with van der Waals surface area (Å²) < 4.78 is 5.16. The molecule has 1 aliphatic rings. The molecule has 0 amide bonds. The van der Waals surface area contributed by atoms with Crippen molar-refractivity contribution in [3.05, 3.63) is 29.8 Å². The molecule has 0 radical (unpaired) electrons. The zero-order chi connectivity index (χ0) is 17.3. The van der Waals surface area contributed by atoms with Crippen LogP contribution in [0.25, 0.3) is 0 Å². The van der Waals surface area contributed by atoms with Crippen LogP contribution in [0.15, 0.2) is 29.4 Å². The summed E-state index contributed by atoms with van der Waals surface area (Å²) in [5.74, 6) is -1.93. The van der Waals surface area contributed by atoms with Crippen LogP contribution in [0.3, 0.4) is 0 Å². The molecule has 1 heterocycles. The topological polar surface area (TPSA) is 105 Å². The number of carbonyl (C=O) groups is 2. The Morgan fingerprint density at radius 2 is 2.09 bits per heavy atom. The lowest BCUT2D eigenvalue weighted by molar-refractivity contribution is -0.175. The first-order valence-electron chi connectivity index (χ1n) is 7.11. The highest BCUT2D eigenvalue weighted by molar-refractivity contribution is 6.05. The Kier molecular flexibility index (Phi) is 4.31. The van der Waals surface area contributed by atoms with E-state index in [0.717, 1.165) is 0 Å². The van der Waals surface area contributed by atoms with Gasteiger partial charge in [-0.15, -0.1) is 0 Å². The number of aromatic hydroxyl groups is 1. The standard InChI is InChI=1S/C16H19NO6/c1-15(2,3)22-13(19)9-16(14(20)21)8-12(17-23-16)10-5-4-6-11(18)7-10/h4-7,18H,8-9H2,1-3H3,(H,20,21). The average Bonchev–Trinajstić information content (AvgIpc) is 2.82. The molecule has 1 atom stereocenters. The van der Waals surface area contributed by atoms with Crippen LogP contribution in [0.5, 0.6) is 5.75 Å². The summed E-state index contributed by atoms with van der Waals surface area (Å²) in [5.41, 5.74) is -1.61. The summed E-state index contributed by atoms with van der Waals surface area (Å²) in [6.07, 6.45) is -0.545. The molecule has 1 aliphatic heterocycles. The van der Waals surface area contributed by atoms with Crippen LogP contribution in [0.1, 0.15) is 39.2 Å². The molecule has 23 heavy (non-hydrogen) atoms. The smallest absolute Gasteiger partial charge is 0.351 e. The number of hydrogen-bond acceptors (Lipinski definition) is 6. The fraction of sp³-hybridized carbons (Fsp3) is 0.438. The molecular formula is C16H19NO6. The summed E-state index contributed by atoms with van der Waals surface area (Å²) in [4.78, 5) is 28.7. The molecule has 0 aliphatic carbocycles. The summed E-state index contributed by atoms with van der Waals surface area (Å²) in [6.45, 7) is 5.09. The summed E-state index contributed by atoms with van der Waals surface area (Å²) in [6, 6.07) is 6.23. The highest BCUT2D eigenvalue weighted by Gasteiger charge is 2.49. The minimum Gasteiger partial charge on any atom is -0.508 e. The fourth-order valence-corrected chi connectivity index (χ4v) is 2.21. The Morgan fingerprint density at radius 3 is 2.65 bits per heavy atom. The van der Waals surface area contributed by atoms with E-state index in [1.165, 1.54) is 12.1 Å². The second kappa shape index (κ2) is 5.91. The number of rotatable bonds is 4. The van der Waals surface area contributed by atoms with Gasteiger partial charge in [0.15, 0.2) is 0 Å². The molecule has 1 aromatic rings. The van der Waals surface area contributed by atoms with Gasteiger partial charge in [-0.25, -0.2) is 4.79 Å². The summed E-state index contributed by atoms with van der Waals surface area (Å²) in [7, 11) is 0. The van der Waals surface area contributed by atoms with Crippen molar-refractivity contribution >= 4 is 17.7 Å². The van der Waals surface area contributed by atoms with E-state index in [1.54, 1.807) is 32.9 Å². The van der Waals surface area contributed by atoms with E-state index < -0.39 is 29.6 Å². The van der Waals surface area contributed by atoms with E-state index in [2.05, 4.69) is 5.16 Å². The number of aliphatic carboxylic acids is 1. The quantitative estimate of drug-likeness (QED) is 0.822. The van der Waals surface area contributed by atoms with Crippen molar-refractivity contribution in [2.24, 2.45) is 5.16 Å². The SMILES string of the molecule is CC(C)(C)OC(=O)CC1(C(=O)O)CC(c2cccc(O)c2)=NO1. The third kappa shape index (κ3) is 4.00. The van der Waals surface area contributed by atoms with E-state index >= 15 is 0 Å². The first kappa shape index (κ1) is 16.8. The maximum atomic E-state index is 12.0. The van der Waals surface area contributed by atoms with Crippen LogP contribution in [0.2, 0.25) is 0 Å². The van der Waals surface area contributed by atoms with Gasteiger partial charge in [-0.2, -0.15) is 0 Å². The van der Waals surface area contributed by atoms with Gasteiger partial charge in [-0.3, -0.25) is 4.79 Å².